The lowest BCUT2D eigenvalue weighted by atomic mass is 10.0. The van der Waals surface area contributed by atoms with Gasteiger partial charge >= 0.3 is 0 Å². The Balaban J connectivity index is 1.63. The standard InChI is InChI=1S/C14H18INO3/c15-12-3-5-13(6-4-12)19-9-7-16-14(17)11-2-1-8-18-10-11/h3-6,11H,1-2,7-10H2,(H,16,17)/t11-/m1/s1. The molecule has 1 amide bonds. The molecular weight excluding hydrogens is 357 g/mol. The summed E-state index contributed by atoms with van der Waals surface area (Å²) in [5, 5.41) is 2.89. The van der Waals surface area contributed by atoms with Crippen LogP contribution >= 0.6 is 22.6 Å². The van der Waals surface area contributed by atoms with Crippen molar-refractivity contribution in [2.45, 2.75) is 12.8 Å². The number of halogens is 1. The minimum Gasteiger partial charge on any atom is -0.492 e. The molecule has 1 aliphatic heterocycles. The summed E-state index contributed by atoms with van der Waals surface area (Å²) in [6.45, 7) is 2.34. The van der Waals surface area contributed by atoms with Gasteiger partial charge in [0.2, 0.25) is 5.91 Å². The monoisotopic (exact) mass is 375 g/mol. The van der Waals surface area contributed by atoms with Crippen molar-refractivity contribution in [3.05, 3.63) is 27.8 Å². The summed E-state index contributed by atoms with van der Waals surface area (Å²) in [5.41, 5.74) is 0. The van der Waals surface area contributed by atoms with Gasteiger partial charge in [0.05, 0.1) is 19.1 Å². The van der Waals surface area contributed by atoms with Crippen LogP contribution in [0.4, 0.5) is 0 Å². The van der Waals surface area contributed by atoms with Gasteiger partial charge < -0.3 is 14.8 Å². The zero-order valence-corrected chi connectivity index (χ0v) is 12.9. The molecule has 104 valence electrons. The highest BCUT2D eigenvalue weighted by Gasteiger charge is 2.20. The van der Waals surface area contributed by atoms with Crippen LogP contribution in [0.5, 0.6) is 5.75 Å². The van der Waals surface area contributed by atoms with Crippen LogP contribution in [0.25, 0.3) is 0 Å². The fourth-order valence-corrected chi connectivity index (χ4v) is 2.33. The molecule has 1 heterocycles. The van der Waals surface area contributed by atoms with Gasteiger partial charge in [-0.2, -0.15) is 0 Å². The highest BCUT2D eigenvalue weighted by Crippen LogP contribution is 2.14. The quantitative estimate of drug-likeness (QED) is 0.634. The van der Waals surface area contributed by atoms with Crippen molar-refractivity contribution in [1.82, 2.24) is 5.32 Å². The maximum absolute atomic E-state index is 11.8. The molecule has 1 saturated heterocycles. The lowest BCUT2D eigenvalue weighted by Gasteiger charge is -2.21. The first-order valence-electron chi connectivity index (χ1n) is 6.49. The predicted molar refractivity (Wildman–Crippen MR) is 81.2 cm³/mol. The number of benzene rings is 1. The van der Waals surface area contributed by atoms with Crippen molar-refractivity contribution in [2.75, 3.05) is 26.4 Å². The van der Waals surface area contributed by atoms with Crippen molar-refractivity contribution in [2.24, 2.45) is 5.92 Å². The summed E-state index contributed by atoms with van der Waals surface area (Å²) in [4.78, 5) is 11.8. The molecule has 0 saturated carbocycles. The second-order valence-electron chi connectivity index (χ2n) is 4.51. The van der Waals surface area contributed by atoms with E-state index >= 15 is 0 Å². The zero-order chi connectivity index (χ0) is 13.5. The second kappa shape index (κ2) is 7.69. The van der Waals surface area contributed by atoms with E-state index in [0.29, 0.717) is 19.8 Å². The van der Waals surface area contributed by atoms with E-state index in [1.807, 2.05) is 24.3 Å². The molecule has 0 aromatic heterocycles. The van der Waals surface area contributed by atoms with Gasteiger partial charge in [0.25, 0.3) is 0 Å². The lowest BCUT2D eigenvalue weighted by Crippen LogP contribution is -2.37. The van der Waals surface area contributed by atoms with Gasteiger partial charge in [-0.1, -0.05) is 0 Å². The first-order valence-corrected chi connectivity index (χ1v) is 7.57. The molecule has 19 heavy (non-hydrogen) atoms. The van der Waals surface area contributed by atoms with E-state index in [1.165, 1.54) is 3.57 Å². The molecule has 1 aromatic carbocycles. The van der Waals surface area contributed by atoms with Crippen molar-refractivity contribution >= 4 is 28.5 Å². The van der Waals surface area contributed by atoms with Crippen LogP contribution in [-0.2, 0) is 9.53 Å². The molecule has 0 unspecified atom stereocenters. The molecule has 0 spiro atoms. The molecule has 1 aliphatic rings. The molecule has 1 atom stereocenters. The number of carbonyl (C=O) groups excluding carboxylic acids is 1. The summed E-state index contributed by atoms with van der Waals surface area (Å²) in [6, 6.07) is 7.85. The van der Waals surface area contributed by atoms with Crippen molar-refractivity contribution in [3.8, 4) is 5.75 Å². The van der Waals surface area contributed by atoms with Crippen LogP contribution in [0.2, 0.25) is 0 Å². The van der Waals surface area contributed by atoms with E-state index in [9.17, 15) is 4.79 Å². The summed E-state index contributed by atoms with van der Waals surface area (Å²) in [5.74, 6) is 0.911. The third-order valence-corrected chi connectivity index (χ3v) is 3.73. The summed E-state index contributed by atoms with van der Waals surface area (Å²) < 4.78 is 12.0. The topological polar surface area (TPSA) is 47.6 Å². The van der Waals surface area contributed by atoms with Crippen LogP contribution in [-0.4, -0.2) is 32.3 Å². The number of rotatable bonds is 5. The van der Waals surface area contributed by atoms with Gasteiger partial charge in [-0.15, -0.1) is 0 Å². The van der Waals surface area contributed by atoms with Crippen LogP contribution in [0.1, 0.15) is 12.8 Å². The van der Waals surface area contributed by atoms with Gasteiger partial charge in [-0.3, -0.25) is 4.79 Å². The third kappa shape index (κ3) is 4.99. The molecule has 4 nitrogen and oxygen atoms in total. The van der Waals surface area contributed by atoms with E-state index in [-0.39, 0.29) is 11.8 Å². The third-order valence-electron chi connectivity index (χ3n) is 3.01. The maximum Gasteiger partial charge on any atom is 0.225 e. The van der Waals surface area contributed by atoms with Gasteiger partial charge in [-0.05, 0) is 59.7 Å². The Kier molecular flexibility index (Phi) is 5.91. The van der Waals surface area contributed by atoms with E-state index in [2.05, 4.69) is 27.9 Å². The fraction of sp³-hybridized carbons (Fsp3) is 0.500. The molecule has 0 aliphatic carbocycles. The van der Waals surface area contributed by atoms with Crippen LogP contribution in [0, 0.1) is 9.49 Å². The van der Waals surface area contributed by atoms with Crippen molar-refractivity contribution in [3.63, 3.8) is 0 Å². The van der Waals surface area contributed by atoms with E-state index in [4.69, 9.17) is 9.47 Å². The first kappa shape index (κ1) is 14.6. The molecule has 0 radical (unpaired) electrons. The molecule has 1 N–H and O–H groups in total. The smallest absolute Gasteiger partial charge is 0.225 e. The van der Waals surface area contributed by atoms with Crippen LogP contribution in [0.15, 0.2) is 24.3 Å². The zero-order valence-electron chi connectivity index (χ0n) is 10.7. The van der Waals surface area contributed by atoms with Crippen molar-refractivity contribution in [1.29, 1.82) is 0 Å². The van der Waals surface area contributed by atoms with Gasteiger partial charge in [0.15, 0.2) is 0 Å². The minimum atomic E-state index is 0.00653. The number of hydrogen-bond donors (Lipinski definition) is 1. The first-order chi connectivity index (χ1) is 9.25. The average Bonchev–Trinajstić information content (AvgIpc) is 2.46. The molecule has 2 rings (SSSR count). The van der Waals surface area contributed by atoms with E-state index < -0.39 is 0 Å². The number of nitrogens with one attached hydrogen (secondary N) is 1. The number of carbonyl (C=O) groups is 1. The van der Waals surface area contributed by atoms with Crippen LogP contribution in [0.3, 0.4) is 0 Å². The maximum atomic E-state index is 11.8. The Morgan fingerprint density at radius 2 is 2.21 bits per heavy atom. The molecule has 1 fully saturated rings. The summed E-state index contributed by atoms with van der Waals surface area (Å²) in [7, 11) is 0. The van der Waals surface area contributed by atoms with Gasteiger partial charge in [0.1, 0.15) is 12.4 Å². The Morgan fingerprint density at radius 1 is 1.42 bits per heavy atom. The number of hydrogen-bond acceptors (Lipinski definition) is 3. The fourth-order valence-electron chi connectivity index (χ4n) is 1.97. The summed E-state index contributed by atoms with van der Waals surface area (Å²) >= 11 is 2.25. The molecule has 0 bridgehead atoms. The van der Waals surface area contributed by atoms with Gasteiger partial charge in [-0.25, -0.2) is 0 Å². The highest BCUT2D eigenvalue weighted by atomic mass is 127. The molecule has 5 heteroatoms. The Hall–Kier alpha value is -0.820. The summed E-state index contributed by atoms with van der Waals surface area (Å²) in [6.07, 6.45) is 1.89. The normalized spacial score (nSPS) is 18.9. The SMILES string of the molecule is O=C(NCCOc1ccc(I)cc1)[C@@H]1CCCOC1. The van der Waals surface area contributed by atoms with Gasteiger partial charge in [0, 0.05) is 10.2 Å². The second-order valence-corrected chi connectivity index (χ2v) is 5.75. The predicted octanol–water partition coefficient (Wildman–Crippen LogP) is 2.21. The lowest BCUT2D eigenvalue weighted by molar-refractivity contribution is -0.129. The van der Waals surface area contributed by atoms with Crippen LogP contribution < -0.4 is 10.1 Å². The molecule has 1 aromatic rings. The molecular formula is C14H18INO3. The average molecular weight is 375 g/mol. The Labute approximate surface area is 127 Å². The van der Waals surface area contributed by atoms with E-state index in [0.717, 1.165) is 25.2 Å². The minimum absolute atomic E-state index is 0.00653. The van der Waals surface area contributed by atoms with Crippen molar-refractivity contribution < 1.29 is 14.3 Å². The Bertz CT molecular complexity index is 402. The number of amides is 1. The number of ether oxygens (including phenoxy) is 2. The van der Waals surface area contributed by atoms with E-state index in [1.54, 1.807) is 0 Å². The highest BCUT2D eigenvalue weighted by molar-refractivity contribution is 14.1. The largest absolute Gasteiger partial charge is 0.492 e. The Morgan fingerprint density at radius 3 is 2.89 bits per heavy atom.